The van der Waals surface area contributed by atoms with Crippen LogP contribution in [0.3, 0.4) is 0 Å². The first-order valence-electron chi connectivity index (χ1n) is 4.72. The van der Waals surface area contributed by atoms with Crippen LogP contribution < -0.4 is 5.73 Å². The van der Waals surface area contributed by atoms with Crippen molar-refractivity contribution < 1.29 is 0 Å². The second-order valence-corrected chi connectivity index (χ2v) is 4.73. The van der Waals surface area contributed by atoms with E-state index < -0.39 is 0 Å². The highest BCUT2D eigenvalue weighted by molar-refractivity contribution is 7.08. The maximum atomic E-state index is 6.14. The summed E-state index contributed by atoms with van der Waals surface area (Å²) in [4.78, 5) is 0. The fourth-order valence-corrected chi connectivity index (χ4v) is 2.32. The summed E-state index contributed by atoms with van der Waals surface area (Å²) < 4.78 is 0. The predicted octanol–water partition coefficient (Wildman–Crippen LogP) is 3.76. The van der Waals surface area contributed by atoms with Crippen LogP contribution in [0, 0.1) is 6.92 Å². The Morgan fingerprint density at radius 3 is 2.67 bits per heavy atom. The Balaban J connectivity index is 2.34. The summed E-state index contributed by atoms with van der Waals surface area (Å²) in [5.74, 6) is 0. The van der Waals surface area contributed by atoms with Gasteiger partial charge in [-0.15, -0.1) is 0 Å². The minimum atomic E-state index is -0.0489. The van der Waals surface area contributed by atoms with Crippen LogP contribution in [-0.4, -0.2) is 0 Å². The van der Waals surface area contributed by atoms with E-state index in [1.807, 2.05) is 30.5 Å². The average molecular weight is 238 g/mol. The van der Waals surface area contributed by atoms with E-state index in [1.54, 1.807) is 11.3 Å². The second-order valence-electron chi connectivity index (χ2n) is 3.54. The Bertz CT molecular complexity index is 451. The molecular formula is C12H12ClNS. The zero-order valence-electron chi connectivity index (χ0n) is 8.41. The molecule has 1 atom stereocenters. The van der Waals surface area contributed by atoms with Crippen LogP contribution in [0.25, 0.3) is 0 Å². The van der Waals surface area contributed by atoms with E-state index in [9.17, 15) is 0 Å². The molecule has 0 spiro atoms. The SMILES string of the molecule is Cc1cc([C@@H](N)c2ccsc2)ccc1Cl. The number of thiophene rings is 1. The van der Waals surface area contributed by atoms with Crippen molar-refractivity contribution in [2.24, 2.45) is 5.73 Å². The molecule has 0 bridgehead atoms. The molecule has 1 nitrogen and oxygen atoms in total. The van der Waals surface area contributed by atoms with Crippen molar-refractivity contribution >= 4 is 22.9 Å². The number of halogens is 1. The summed E-state index contributed by atoms with van der Waals surface area (Å²) in [5, 5.41) is 4.91. The lowest BCUT2D eigenvalue weighted by Crippen LogP contribution is -2.10. The van der Waals surface area contributed by atoms with Crippen molar-refractivity contribution in [1.82, 2.24) is 0 Å². The van der Waals surface area contributed by atoms with Gasteiger partial charge in [-0.2, -0.15) is 11.3 Å². The van der Waals surface area contributed by atoms with E-state index in [2.05, 4.69) is 11.4 Å². The Hall–Kier alpha value is -0.830. The number of hydrogen-bond donors (Lipinski definition) is 1. The molecule has 2 N–H and O–H groups in total. The van der Waals surface area contributed by atoms with Crippen molar-refractivity contribution in [3.8, 4) is 0 Å². The third kappa shape index (κ3) is 2.23. The van der Waals surface area contributed by atoms with E-state index in [1.165, 1.54) is 0 Å². The number of benzene rings is 1. The van der Waals surface area contributed by atoms with Crippen LogP contribution in [-0.2, 0) is 0 Å². The van der Waals surface area contributed by atoms with Crippen LogP contribution in [0.1, 0.15) is 22.7 Å². The molecule has 1 aromatic carbocycles. The molecule has 2 aromatic rings. The molecule has 78 valence electrons. The number of nitrogens with two attached hydrogens (primary N) is 1. The molecule has 15 heavy (non-hydrogen) atoms. The van der Waals surface area contributed by atoms with Crippen molar-refractivity contribution in [2.75, 3.05) is 0 Å². The van der Waals surface area contributed by atoms with Gasteiger partial charge in [-0.3, -0.25) is 0 Å². The molecule has 0 saturated carbocycles. The third-order valence-electron chi connectivity index (χ3n) is 2.44. The molecular weight excluding hydrogens is 226 g/mol. The van der Waals surface area contributed by atoms with E-state index in [0.717, 1.165) is 21.7 Å². The number of aryl methyl sites for hydroxylation is 1. The number of hydrogen-bond acceptors (Lipinski definition) is 2. The van der Waals surface area contributed by atoms with Gasteiger partial charge >= 0.3 is 0 Å². The molecule has 0 amide bonds. The minimum absolute atomic E-state index is 0.0489. The van der Waals surface area contributed by atoms with Crippen molar-refractivity contribution in [3.05, 3.63) is 56.7 Å². The highest BCUT2D eigenvalue weighted by Gasteiger charge is 2.09. The lowest BCUT2D eigenvalue weighted by molar-refractivity contribution is 0.875. The summed E-state index contributed by atoms with van der Waals surface area (Å²) in [6, 6.07) is 7.94. The quantitative estimate of drug-likeness (QED) is 0.846. The van der Waals surface area contributed by atoms with Gasteiger partial charge in [0.05, 0.1) is 6.04 Å². The van der Waals surface area contributed by atoms with Crippen LogP contribution in [0.2, 0.25) is 5.02 Å². The first-order valence-corrected chi connectivity index (χ1v) is 6.04. The zero-order chi connectivity index (χ0) is 10.8. The summed E-state index contributed by atoms with van der Waals surface area (Å²) in [6.45, 7) is 1.99. The lowest BCUT2D eigenvalue weighted by atomic mass is 10.0. The van der Waals surface area contributed by atoms with Gasteiger partial charge < -0.3 is 5.73 Å². The standard InChI is InChI=1S/C12H12ClNS/c1-8-6-9(2-3-11(8)13)12(14)10-4-5-15-7-10/h2-7,12H,14H2,1H3/t12-/m1/s1. The Morgan fingerprint density at radius 1 is 1.27 bits per heavy atom. The zero-order valence-corrected chi connectivity index (χ0v) is 9.98. The molecule has 3 heteroatoms. The normalized spacial score (nSPS) is 12.7. The highest BCUT2D eigenvalue weighted by atomic mass is 35.5. The van der Waals surface area contributed by atoms with Gasteiger partial charge in [-0.05, 0) is 46.5 Å². The van der Waals surface area contributed by atoms with E-state index in [-0.39, 0.29) is 6.04 Å². The topological polar surface area (TPSA) is 26.0 Å². The Kier molecular flexibility index (Phi) is 3.10. The second kappa shape index (κ2) is 4.35. The summed E-state index contributed by atoms with van der Waals surface area (Å²) in [5.41, 5.74) is 9.47. The summed E-state index contributed by atoms with van der Waals surface area (Å²) in [7, 11) is 0. The van der Waals surface area contributed by atoms with Gasteiger partial charge in [0.2, 0.25) is 0 Å². The Morgan fingerprint density at radius 2 is 2.07 bits per heavy atom. The largest absolute Gasteiger partial charge is 0.320 e. The maximum absolute atomic E-state index is 6.14. The van der Waals surface area contributed by atoms with Gasteiger partial charge in [0.25, 0.3) is 0 Å². The van der Waals surface area contributed by atoms with Crippen LogP contribution in [0.5, 0.6) is 0 Å². The fourth-order valence-electron chi connectivity index (χ4n) is 1.51. The van der Waals surface area contributed by atoms with Gasteiger partial charge in [0.15, 0.2) is 0 Å². The predicted molar refractivity (Wildman–Crippen MR) is 66.5 cm³/mol. The lowest BCUT2D eigenvalue weighted by Gasteiger charge is -2.11. The Labute approximate surface area is 98.5 Å². The van der Waals surface area contributed by atoms with E-state index in [4.69, 9.17) is 17.3 Å². The summed E-state index contributed by atoms with van der Waals surface area (Å²) >= 11 is 7.64. The first-order chi connectivity index (χ1) is 7.18. The minimum Gasteiger partial charge on any atom is -0.320 e. The molecule has 0 aliphatic rings. The molecule has 0 aliphatic carbocycles. The van der Waals surface area contributed by atoms with Crippen LogP contribution >= 0.6 is 22.9 Å². The third-order valence-corrected chi connectivity index (χ3v) is 3.57. The van der Waals surface area contributed by atoms with Crippen molar-refractivity contribution in [2.45, 2.75) is 13.0 Å². The molecule has 0 aliphatic heterocycles. The van der Waals surface area contributed by atoms with Gasteiger partial charge in [0.1, 0.15) is 0 Å². The van der Waals surface area contributed by atoms with Crippen LogP contribution in [0.15, 0.2) is 35.0 Å². The van der Waals surface area contributed by atoms with E-state index >= 15 is 0 Å². The first kappa shape index (κ1) is 10.7. The average Bonchev–Trinajstić information content (AvgIpc) is 2.74. The van der Waals surface area contributed by atoms with Gasteiger partial charge in [0, 0.05) is 5.02 Å². The van der Waals surface area contributed by atoms with Crippen molar-refractivity contribution in [1.29, 1.82) is 0 Å². The molecule has 1 heterocycles. The molecule has 0 saturated heterocycles. The van der Waals surface area contributed by atoms with Gasteiger partial charge in [-0.1, -0.05) is 23.7 Å². The molecule has 0 unspecified atom stereocenters. The number of rotatable bonds is 2. The maximum Gasteiger partial charge on any atom is 0.0559 e. The molecule has 0 radical (unpaired) electrons. The fraction of sp³-hybridized carbons (Fsp3) is 0.167. The summed E-state index contributed by atoms with van der Waals surface area (Å²) in [6.07, 6.45) is 0. The molecule has 1 aromatic heterocycles. The smallest absolute Gasteiger partial charge is 0.0559 e. The van der Waals surface area contributed by atoms with Gasteiger partial charge in [-0.25, -0.2) is 0 Å². The van der Waals surface area contributed by atoms with Crippen molar-refractivity contribution in [3.63, 3.8) is 0 Å². The van der Waals surface area contributed by atoms with Crippen LogP contribution in [0.4, 0.5) is 0 Å². The monoisotopic (exact) mass is 237 g/mol. The molecule has 2 rings (SSSR count). The molecule has 0 fully saturated rings. The highest BCUT2D eigenvalue weighted by Crippen LogP contribution is 2.25. The van der Waals surface area contributed by atoms with E-state index in [0.29, 0.717) is 0 Å².